The first-order valence-electron chi connectivity index (χ1n) is 5.89. The van der Waals surface area contributed by atoms with Gasteiger partial charge in [0, 0.05) is 31.4 Å². The Balaban J connectivity index is 1.70. The van der Waals surface area contributed by atoms with E-state index in [4.69, 9.17) is 23.2 Å². The molecule has 0 aliphatic carbocycles. The van der Waals surface area contributed by atoms with Crippen LogP contribution in [0.25, 0.3) is 0 Å². The summed E-state index contributed by atoms with van der Waals surface area (Å²) in [5, 5.41) is 3.00. The Hall–Kier alpha value is -1.04. The van der Waals surface area contributed by atoms with E-state index >= 15 is 0 Å². The summed E-state index contributed by atoms with van der Waals surface area (Å²) in [7, 11) is 0. The second-order valence-electron chi connectivity index (χ2n) is 4.44. The normalized spacial score (nSPS) is 18.1. The molecule has 4 nitrogen and oxygen atoms in total. The highest BCUT2D eigenvalue weighted by Crippen LogP contribution is 2.31. The van der Waals surface area contributed by atoms with Crippen LogP contribution < -0.4 is 5.32 Å². The van der Waals surface area contributed by atoms with Gasteiger partial charge in [0.2, 0.25) is 0 Å². The third-order valence-corrected chi connectivity index (χ3v) is 4.66. The largest absolute Gasteiger partial charge is 0.347 e. The number of amides is 1. The molecule has 1 amide bonds. The highest BCUT2D eigenvalue weighted by atomic mass is 35.5. The van der Waals surface area contributed by atoms with E-state index < -0.39 is 0 Å². The Kier molecular flexibility index (Phi) is 3.52. The van der Waals surface area contributed by atoms with Crippen LogP contribution in [0, 0.1) is 0 Å². The van der Waals surface area contributed by atoms with Crippen molar-refractivity contribution in [1.82, 2.24) is 14.9 Å². The van der Waals surface area contributed by atoms with Crippen LogP contribution >= 0.6 is 34.5 Å². The lowest BCUT2D eigenvalue weighted by Crippen LogP contribution is -2.40. The predicted octanol–water partition coefficient (Wildman–Crippen LogP) is 3.00. The van der Waals surface area contributed by atoms with Crippen molar-refractivity contribution in [2.45, 2.75) is 25.4 Å². The lowest BCUT2D eigenvalue weighted by atomic mass is 10.1. The molecule has 0 spiro atoms. The average Bonchev–Trinajstić information content (AvgIpc) is 2.94. The van der Waals surface area contributed by atoms with Gasteiger partial charge in [-0.2, -0.15) is 0 Å². The van der Waals surface area contributed by atoms with E-state index in [9.17, 15) is 4.79 Å². The Bertz CT molecular complexity index is 622. The first kappa shape index (κ1) is 13.0. The number of carbonyl (C=O) groups is 1. The summed E-state index contributed by atoms with van der Waals surface area (Å²) in [5.41, 5.74) is 0.452. The second-order valence-corrected chi connectivity index (χ2v) is 6.73. The first-order chi connectivity index (χ1) is 9.13. The van der Waals surface area contributed by atoms with E-state index in [1.165, 1.54) is 11.3 Å². The molecule has 1 aliphatic heterocycles. The highest BCUT2D eigenvalue weighted by molar-refractivity contribution is 7.20. The number of fused-ring (bicyclic) bond motifs is 1. The van der Waals surface area contributed by atoms with Crippen LogP contribution in [0.5, 0.6) is 0 Å². The van der Waals surface area contributed by atoms with Gasteiger partial charge in [-0.05, 0) is 12.5 Å². The Morgan fingerprint density at radius 2 is 2.37 bits per heavy atom. The van der Waals surface area contributed by atoms with Crippen molar-refractivity contribution >= 4 is 40.4 Å². The van der Waals surface area contributed by atoms with Crippen LogP contribution in [0.1, 0.15) is 22.6 Å². The zero-order chi connectivity index (χ0) is 13.4. The second kappa shape index (κ2) is 5.15. The SMILES string of the molecule is O=C(NC1CCc2nccn2C1)c1cc(Cl)sc1Cl. The topological polar surface area (TPSA) is 46.9 Å². The predicted molar refractivity (Wildman–Crippen MR) is 76.1 cm³/mol. The van der Waals surface area contributed by atoms with Crippen molar-refractivity contribution in [1.29, 1.82) is 0 Å². The molecule has 0 saturated heterocycles. The number of thiophene rings is 1. The Labute approximate surface area is 124 Å². The molecule has 1 atom stereocenters. The fourth-order valence-electron chi connectivity index (χ4n) is 2.24. The lowest BCUT2D eigenvalue weighted by molar-refractivity contribution is 0.0928. The minimum atomic E-state index is -0.165. The molecule has 1 unspecified atom stereocenters. The van der Waals surface area contributed by atoms with Crippen LogP contribution in [0.15, 0.2) is 18.5 Å². The molecule has 0 aromatic carbocycles. The number of nitrogens with one attached hydrogen (secondary N) is 1. The molecule has 3 rings (SSSR count). The maximum atomic E-state index is 12.1. The summed E-state index contributed by atoms with van der Waals surface area (Å²) < 4.78 is 3.02. The summed E-state index contributed by atoms with van der Waals surface area (Å²) in [6, 6.07) is 1.71. The maximum Gasteiger partial charge on any atom is 0.253 e. The van der Waals surface area contributed by atoms with Crippen molar-refractivity contribution in [2.75, 3.05) is 0 Å². The molecule has 0 bridgehead atoms. The first-order valence-corrected chi connectivity index (χ1v) is 7.46. The van der Waals surface area contributed by atoms with Gasteiger partial charge >= 0.3 is 0 Å². The van der Waals surface area contributed by atoms with Gasteiger partial charge in [0.15, 0.2) is 0 Å². The molecule has 2 aromatic rings. The fraction of sp³-hybridized carbons (Fsp3) is 0.333. The van der Waals surface area contributed by atoms with Crippen LogP contribution in [-0.4, -0.2) is 21.5 Å². The van der Waals surface area contributed by atoms with Crippen LogP contribution in [-0.2, 0) is 13.0 Å². The molecule has 0 saturated carbocycles. The zero-order valence-electron chi connectivity index (χ0n) is 9.90. The van der Waals surface area contributed by atoms with Crippen LogP contribution in [0.4, 0.5) is 0 Å². The Morgan fingerprint density at radius 3 is 3.11 bits per heavy atom. The van der Waals surface area contributed by atoms with E-state index in [2.05, 4.69) is 14.9 Å². The van der Waals surface area contributed by atoms with Gasteiger partial charge in [0.25, 0.3) is 5.91 Å². The average molecular weight is 316 g/mol. The minimum absolute atomic E-state index is 0.101. The van der Waals surface area contributed by atoms with Gasteiger partial charge in [0.1, 0.15) is 10.2 Å². The highest BCUT2D eigenvalue weighted by Gasteiger charge is 2.22. The summed E-state index contributed by atoms with van der Waals surface area (Å²) in [6.45, 7) is 0.747. The Morgan fingerprint density at radius 1 is 1.53 bits per heavy atom. The van der Waals surface area contributed by atoms with E-state index in [-0.39, 0.29) is 11.9 Å². The molecule has 7 heteroatoms. The number of nitrogens with zero attached hydrogens (tertiary/aromatic N) is 2. The van der Waals surface area contributed by atoms with Gasteiger partial charge in [-0.15, -0.1) is 11.3 Å². The molecular formula is C12H11Cl2N3OS. The quantitative estimate of drug-likeness (QED) is 0.926. The third kappa shape index (κ3) is 2.63. The van der Waals surface area contributed by atoms with Crippen molar-refractivity contribution in [3.63, 3.8) is 0 Å². The molecule has 0 radical (unpaired) electrons. The van der Waals surface area contributed by atoms with Crippen molar-refractivity contribution in [3.8, 4) is 0 Å². The smallest absolute Gasteiger partial charge is 0.253 e. The van der Waals surface area contributed by atoms with Crippen molar-refractivity contribution in [2.24, 2.45) is 0 Å². The van der Waals surface area contributed by atoms with E-state index in [1.807, 2.05) is 6.20 Å². The summed E-state index contributed by atoms with van der Waals surface area (Å²) in [5.74, 6) is 0.906. The molecule has 0 fully saturated rings. The number of hydrogen-bond donors (Lipinski definition) is 1. The summed E-state index contributed by atoms with van der Waals surface area (Å²) >= 11 is 13.0. The number of imidazole rings is 1. The zero-order valence-corrected chi connectivity index (χ0v) is 12.2. The third-order valence-electron chi connectivity index (χ3n) is 3.17. The maximum absolute atomic E-state index is 12.1. The van der Waals surface area contributed by atoms with Gasteiger partial charge in [0.05, 0.1) is 9.90 Å². The number of hydrogen-bond acceptors (Lipinski definition) is 3. The van der Waals surface area contributed by atoms with Gasteiger partial charge < -0.3 is 9.88 Å². The molecule has 2 aromatic heterocycles. The minimum Gasteiger partial charge on any atom is -0.347 e. The van der Waals surface area contributed by atoms with Crippen LogP contribution in [0.3, 0.4) is 0 Å². The van der Waals surface area contributed by atoms with E-state index in [0.29, 0.717) is 14.2 Å². The number of rotatable bonds is 2. The number of aromatic nitrogens is 2. The van der Waals surface area contributed by atoms with Crippen molar-refractivity contribution < 1.29 is 4.79 Å². The van der Waals surface area contributed by atoms with Crippen LogP contribution in [0.2, 0.25) is 8.67 Å². The van der Waals surface area contributed by atoms with E-state index in [1.54, 1.807) is 12.3 Å². The molecular weight excluding hydrogens is 305 g/mol. The molecule has 100 valence electrons. The van der Waals surface area contributed by atoms with Gasteiger partial charge in [-0.1, -0.05) is 23.2 Å². The standard InChI is InChI=1S/C12H11Cl2N3OS/c13-9-5-8(11(14)19-9)12(18)16-7-1-2-10-15-3-4-17(10)6-7/h3-5,7H,1-2,6H2,(H,16,18). The summed E-state index contributed by atoms with van der Waals surface area (Å²) in [6.07, 6.45) is 5.48. The number of aryl methyl sites for hydroxylation is 1. The summed E-state index contributed by atoms with van der Waals surface area (Å²) in [4.78, 5) is 16.4. The number of carbonyl (C=O) groups excluding carboxylic acids is 1. The van der Waals surface area contributed by atoms with Gasteiger partial charge in [-0.25, -0.2) is 4.98 Å². The number of halogens is 2. The molecule has 19 heavy (non-hydrogen) atoms. The molecule has 1 aliphatic rings. The monoisotopic (exact) mass is 315 g/mol. The molecule has 3 heterocycles. The van der Waals surface area contributed by atoms with Crippen molar-refractivity contribution in [3.05, 3.63) is 38.5 Å². The lowest BCUT2D eigenvalue weighted by Gasteiger charge is -2.24. The van der Waals surface area contributed by atoms with E-state index in [0.717, 1.165) is 25.2 Å². The molecule has 1 N–H and O–H groups in total. The fourth-order valence-corrected chi connectivity index (χ4v) is 3.70. The van der Waals surface area contributed by atoms with Gasteiger partial charge in [-0.3, -0.25) is 4.79 Å².